The van der Waals surface area contributed by atoms with Crippen molar-refractivity contribution >= 4 is 11.7 Å². The normalized spacial score (nSPS) is 13.8. The lowest BCUT2D eigenvalue weighted by Gasteiger charge is -2.08. The summed E-state index contributed by atoms with van der Waals surface area (Å²) in [5.41, 5.74) is 3.14. The summed E-state index contributed by atoms with van der Waals surface area (Å²) in [5.74, 6) is 0.696. The van der Waals surface area contributed by atoms with Gasteiger partial charge in [-0.2, -0.15) is 0 Å². The number of hydrogen-bond donors (Lipinski definition) is 2. The Kier molecular flexibility index (Phi) is 3.68. The van der Waals surface area contributed by atoms with Crippen LogP contribution in [0, 0.1) is 5.92 Å². The lowest BCUT2D eigenvalue weighted by atomic mass is 10.1. The molecule has 1 aliphatic carbocycles. The van der Waals surface area contributed by atoms with E-state index in [1.54, 1.807) is 0 Å². The lowest BCUT2D eigenvalue weighted by Crippen LogP contribution is -2.30. The van der Waals surface area contributed by atoms with E-state index < -0.39 is 0 Å². The first-order valence-corrected chi connectivity index (χ1v) is 7.01. The lowest BCUT2D eigenvalue weighted by molar-refractivity contribution is 0.251. The fraction of sp³-hybridized carbons (Fsp3) is 0.235. The van der Waals surface area contributed by atoms with Gasteiger partial charge in [0, 0.05) is 12.2 Å². The number of urea groups is 1. The standard InChI is InChI=1S/C17H18N2O/c20-17(18-12-13-6-7-13)19-16-10-8-15(9-11-16)14-4-2-1-3-5-14/h1-5,8-11,13H,6-7,12H2,(H2,18,19,20). The van der Waals surface area contributed by atoms with Crippen LogP contribution < -0.4 is 10.6 Å². The van der Waals surface area contributed by atoms with Gasteiger partial charge in [0.2, 0.25) is 0 Å². The molecule has 1 fully saturated rings. The van der Waals surface area contributed by atoms with Crippen LogP contribution in [0.3, 0.4) is 0 Å². The van der Waals surface area contributed by atoms with Crippen molar-refractivity contribution in [2.75, 3.05) is 11.9 Å². The molecule has 2 aromatic rings. The smallest absolute Gasteiger partial charge is 0.319 e. The summed E-state index contributed by atoms with van der Waals surface area (Å²) in [5, 5.41) is 5.74. The molecular weight excluding hydrogens is 248 g/mol. The fourth-order valence-corrected chi connectivity index (χ4v) is 2.11. The predicted octanol–water partition coefficient (Wildman–Crippen LogP) is 3.89. The SMILES string of the molecule is O=C(NCC1CC1)Nc1ccc(-c2ccccc2)cc1. The summed E-state index contributed by atoms with van der Waals surface area (Å²) in [7, 11) is 0. The van der Waals surface area contributed by atoms with Crippen molar-refractivity contribution in [2.45, 2.75) is 12.8 Å². The van der Waals surface area contributed by atoms with Gasteiger partial charge in [0.25, 0.3) is 0 Å². The minimum atomic E-state index is -0.121. The van der Waals surface area contributed by atoms with Crippen LogP contribution in [0.1, 0.15) is 12.8 Å². The molecule has 0 saturated heterocycles. The highest BCUT2D eigenvalue weighted by molar-refractivity contribution is 5.89. The third-order valence-corrected chi connectivity index (χ3v) is 3.50. The Balaban J connectivity index is 1.59. The molecule has 0 aromatic heterocycles. The van der Waals surface area contributed by atoms with E-state index in [1.807, 2.05) is 42.5 Å². The summed E-state index contributed by atoms with van der Waals surface area (Å²) in [6.45, 7) is 0.786. The predicted molar refractivity (Wildman–Crippen MR) is 81.6 cm³/mol. The van der Waals surface area contributed by atoms with Crippen molar-refractivity contribution in [1.29, 1.82) is 0 Å². The molecule has 0 unspecified atom stereocenters. The molecule has 0 aliphatic heterocycles. The highest BCUT2D eigenvalue weighted by atomic mass is 16.2. The molecular formula is C17H18N2O. The first-order chi connectivity index (χ1) is 9.81. The van der Waals surface area contributed by atoms with E-state index in [4.69, 9.17) is 0 Å². The Labute approximate surface area is 119 Å². The minimum Gasteiger partial charge on any atom is -0.338 e. The van der Waals surface area contributed by atoms with Crippen LogP contribution in [0.25, 0.3) is 11.1 Å². The van der Waals surface area contributed by atoms with Crippen LogP contribution in [-0.2, 0) is 0 Å². The van der Waals surface area contributed by atoms with Gasteiger partial charge in [-0.1, -0.05) is 42.5 Å². The molecule has 1 aliphatic rings. The Morgan fingerprint density at radius 1 is 0.950 bits per heavy atom. The number of carbonyl (C=O) groups is 1. The maximum Gasteiger partial charge on any atom is 0.319 e. The Bertz CT molecular complexity index is 574. The minimum absolute atomic E-state index is 0.121. The van der Waals surface area contributed by atoms with E-state index in [0.717, 1.165) is 17.8 Å². The summed E-state index contributed by atoms with van der Waals surface area (Å²) >= 11 is 0. The molecule has 102 valence electrons. The molecule has 3 heteroatoms. The fourth-order valence-electron chi connectivity index (χ4n) is 2.11. The Morgan fingerprint density at radius 2 is 1.60 bits per heavy atom. The third-order valence-electron chi connectivity index (χ3n) is 3.50. The van der Waals surface area contributed by atoms with E-state index in [-0.39, 0.29) is 6.03 Å². The molecule has 3 nitrogen and oxygen atoms in total. The van der Waals surface area contributed by atoms with Crippen molar-refractivity contribution in [3.8, 4) is 11.1 Å². The van der Waals surface area contributed by atoms with Crippen LogP contribution in [0.15, 0.2) is 54.6 Å². The van der Waals surface area contributed by atoms with Crippen molar-refractivity contribution in [3.05, 3.63) is 54.6 Å². The largest absolute Gasteiger partial charge is 0.338 e. The number of nitrogens with one attached hydrogen (secondary N) is 2. The molecule has 0 spiro atoms. The van der Waals surface area contributed by atoms with Crippen molar-refractivity contribution in [2.24, 2.45) is 5.92 Å². The first-order valence-electron chi connectivity index (χ1n) is 7.01. The quantitative estimate of drug-likeness (QED) is 0.866. The first kappa shape index (κ1) is 12.7. The molecule has 0 heterocycles. The molecule has 2 N–H and O–H groups in total. The monoisotopic (exact) mass is 266 g/mol. The summed E-state index contributed by atoms with van der Waals surface area (Å²) in [6, 6.07) is 18.0. The van der Waals surface area contributed by atoms with Crippen LogP contribution in [-0.4, -0.2) is 12.6 Å². The Hall–Kier alpha value is -2.29. The third kappa shape index (κ3) is 3.38. The van der Waals surface area contributed by atoms with Gasteiger partial charge < -0.3 is 10.6 Å². The highest BCUT2D eigenvalue weighted by Crippen LogP contribution is 2.27. The van der Waals surface area contributed by atoms with E-state index in [0.29, 0.717) is 5.92 Å². The van der Waals surface area contributed by atoms with Crippen LogP contribution in [0.2, 0.25) is 0 Å². The molecule has 0 radical (unpaired) electrons. The van der Waals surface area contributed by atoms with Crippen LogP contribution >= 0.6 is 0 Å². The van der Waals surface area contributed by atoms with Crippen molar-refractivity contribution in [3.63, 3.8) is 0 Å². The topological polar surface area (TPSA) is 41.1 Å². The molecule has 0 atom stereocenters. The number of anilines is 1. The molecule has 0 bridgehead atoms. The second kappa shape index (κ2) is 5.78. The van der Waals surface area contributed by atoms with Crippen molar-refractivity contribution < 1.29 is 4.79 Å². The van der Waals surface area contributed by atoms with Gasteiger partial charge in [0.15, 0.2) is 0 Å². The number of carbonyl (C=O) groups excluding carboxylic acids is 1. The van der Waals surface area contributed by atoms with Gasteiger partial charge in [-0.3, -0.25) is 0 Å². The molecule has 2 amide bonds. The summed E-state index contributed by atoms with van der Waals surface area (Å²) in [4.78, 5) is 11.7. The van der Waals surface area contributed by atoms with Gasteiger partial charge in [-0.25, -0.2) is 4.79 Å². The molecule has 3 rings (SSSR count). The van der Waals surface area contributed by atoms with Crippen molar-refractivity contribution in [1.82, 2.24) is 5.32 Å². The zero-order valence-electron chi connectivity index (χ0n) is 11.3. The number of amides is 2. The maximum atomic E-state index is 11.7. The van der Waals surface area contributed by atoms with E-state index in [1.165, 1.54) is 18.4 Å². The number of hydrogen-bond acceptors (Lipinski definition) is 1. The number of rotatable bonds is 4. The van der Waals surface area contributed by atoms with Gasteiger partial charge in [-0.15, -0.1) is 0 Å². The van der Waals surface area contributed by atoms with E-state index in [2.05, 4.69) is 22.8 Å². The maximum absolute atomic E-state index is 11.7. The second-order valence-corrected chi connectivity index (χ2v) is 5.22. The van der Waals surface area contributed by atoms with Gasteiger partial charge >= 0.3 is 6.03 Å². The average Bonchev–Trinajstić information content (AvgIpc) is 3.31. The Morgan fingerprint density at radius 3 is 2.25 bits per heavy atom. The van der Waals surface area contributed by atoms with Crippen LogP contribution in [0.4, 0.5) is 10.5 Å². The highest BCUT2D eigenvalue weighted by Gasteiger charge is 2.21. The van der Waals surface area contributed by atoms with E-state index in [9.17, 15) is 4.79 Å². The summed E-state index contributed by atoms with van der Waals surface area (Å²) < 4.78 is 0. The second-order valence-electron chi connectivity index (χ2n) is 5.22. The average molecular weight is 266 g/mol. The zero-order chi connectivity index (χ0) is 13.8. The zero-order valence-corrected chi connectivity index (χ0v) is 11.3. The van der Waals surface area contributed by atoms with Gasteiger partial charge in [0.1, 0.15) is 0 Å². The van der Waals surface area contributed by atoms with Gasteiger partial charge in [-0.05, 0) is 42.0 Å². The molecule has 2 aromatic carbocycles. The molecule has 20 heavy (non-hydrogen) atoms. The van der Waals surface area contributed by atoms with Crippen LogP contribution in [0.5, 0.6) is 0 Å². The number of benzene rings is 2. The molecule has 1 saturated carbocycles. The van der Waals surface area contributed by atoms with Gasteiger partial charge in [0.05, 0.1) is 0 Å². The summed E-state index contributed by atoms with van der Waals surface area (Å²) in [6.07, 6.45) is 2.48. The van der Waals surface area contributed by atoms with E-state index >= 15 is 0 Å².